The Bertz CT molecular complexity index is 1710. The van der Waals surface area contributed by atoms with Crippen LogP contribution >= 0.6 is 34.0 Å². The van der Waals surface area contributed by atoms with E-state index in [9.17, 15) is 0 Å². The fourth-order valence-electron chi connectivity index (χ4n) is 5.11. The highest BCUT2D eigenvalue weighted by Gasteiger charge is 2.23. The molecule has 0 fully saturated rings. The Labute approximate surface area is 212 Å². The number of aromatic nitrogens is 2. The minimum absolute atomic E-state index is 0.0597. The summed E-state index contributed by atoms with van der Waals surface area (Å²) in [7, 11) is 0. The van der Waals surface area contributed by atoms with Crippen LogP contribution in [0.5, 0.6) is 0 Å². The number of fused-ring (bicyclic) bond motifs is 6. The van der Waals surface area contributed by atoms with Crippen LogP contribution in [0, 0.1) is 12.8 Å². The van der Waals surface area contributed by atoms with Gasteiger partial charge in [-0.1, -0.05) is 34.6 Å². The molecular formula is C29H28N2S3. The molecule has 0 aliphatic carbocycles. The summed E-state index contributed by atoms with van der Waals surface area (Å²) >= 11 is 5.55. The second-order valence-electron chi connectivity index (χ2n) is 10.7. The number of aryl methyl sites for hydroxylation is 1. The molecule has 0 atom stereocenters. The number of rotatable bonds is 3. The number of hydrogen-bond donors (Lipinski definition) is 0. The van der Waals surface area contributed by atoms with Crippen LogP contribution in [0.1, 0.15) is 50.6 Å². The molecule has 4 heterocycles. The first-order valence-corrected chi connectivity index (χ1v) is 14.3. The van der Waals surface area contributed by atoms with Gasteiger partial charge in [0.25, 0.3) is 0 Å². The molecule has 34 heavy (non-hydrogen) atoms. The van der Waals surface area contributed by atoms with Gasteiger partial charge in [-0.25, -0.2) is 9.97 Å². The number of nitrogens with zero attached hydrogens (tertiary/aromatic N) is 2. The first-order chi connectivity index (χ1) is 16.2. The molecule has 0 aliphatic rings. The van der Waals surface area contributed by atoms with Crippen molar-refractivity contribution in [1.82, 2.24) is 9.97 Å². The molecular weight excluding hydrogens is 473 g/mol. The number of hydrogen-bond acceptors (Lipinski definition) is 5. The minimum Gasteiger partial charge on any atom is -0.236 e. The maximum atomic E-state index is 4.92. The predicted molar refractivity (Wildman–Crippen MR) is 153 cm³/mol. The minimum atomic E-state index is 0.0597. The molecule has 0 unspecified atom stereocenters. The standard InChI is InChI=1S/C29H28N2S3/c1-15(2)11-19-16(3)33-21-7-8-22-24(23(19)21)25-26(30-14-31-28(25)34-22)18-12-17-9-10-32-27(17)20(13-18)29(4,5)6/h7-10,12-15H,11H2,1-6H3. The lowest BCUT2D eigenvalue weighted by atomic mass is 9.84. The fourth-order valence-corrected chi connectivity index (χ4v) is 8.37. The van der Waals surface area contributed by atoms with Crippen molar-refractivity contribution in [2.75, 3.05) is 0 Å². The third-order valence-electron chi connectivity index (χ3n) is 6.63. The maximum Gasteiger partial charge on any atom is 0.128 e. The third-order valence-corrected chi connectivity index (χ3v) is 9.77. The Balaban J connectivity index is 1.75. The van der Waals surface area contributed by atoms with Crippen molar-refractivity contribution in [3.63, 3.8) is 0 Å². The van der Waals surface area contributed by atoms with Gasteiger partial charge in [-0.2, -0.15) is 0 Å². The van der Waals surface area contributed by atoms with E-state index >= 15 is 0 Å². The molecule has 0 aliphatic heterocycles. The van der Waals surface area contributed by atoms with Crippen molar-refractivity contribution in [3.05, 3.63) is 58.0 Å². The van der Waals surface area contributed by atoms with Crippen LogP contribution in [-0.2, 0) is 11.8 Å². The molecule has 0 amide bonds. The van der Waals surface area contributed by atoms with E-state index in [-0.39, 0.29) is 5.41 Å². The van der Waals surface area contributed by atoms with E-state index in [0.29, 0.717) is 5.92 Å². The molecule has 0 saturated carbocycles. The summed E-state index contributed by atoms with van der Waals surface area (Å²) in [5.74, 6) is 0.614. The molecule has 172 valence electrons. The van der Waals surface area contributed by atoms with Gasteiger partial charge in [0.05, 0.1) is 5.69 Å². The van der Waals surface area contributed by atoms with Crippen LogP contribution in [0.25, 0.3) is 51.7 Å². The van der Waals surface area contributed by atoms with Crippen molar-refractivity contribution >= 4 is 74.5 Å². The van der Waals surface area contributed by atoms with Gasteiger partial charge in [0.15, 0.2) is 0 Å². The molecule has 0 spiro atoms. The summed E-state index contributed by atoms with van der Waals surface area (Å²) in [5.41, 5.74) is 5.19. The van der Waals surface area contributed by atoms with Crippen LogP contribution in [0.2, 0.25) is 0 Å². The Kier molecular flexibility index (Phi) is 5.11. The van der Waals surface area contributed by atoms with E-state index < -0.39 is 0 Å². The summed E-state index contributed by atoms with van der Waals surface area (Å²) in [6.45, 7) is 13.8. The van der Waals surface area contributed by atoms with E-state index in [2.05, 4.69) is 77.3 Å². The van der Waals surface area contributed by atoms with Crippen molar-refractivity contribution < 1.29 is 0 Å². The molecule has 0 radical (unpaired) electrons. The van der Waals surface area contributed by atoms with E-state index in [1.54, 1.807) is 17.7 Å². The average molecular weight is 501 g/mol. The largest absolute Gasteiger partial charge is 0.236 e. The summed E-state index contributed by atoms with van der Waals surface area (Å²) < 4.78 is 4.06. The van der Waals surface area contributed by atoms with E-state index in [1.807, 2.05) is 22.7 Å². The van der Waals surface area contributed by atoms with E-state index in [1.165, 1.54) is 57.2 Å². The molecule has 0 saturated heterocycles. The maximum absolute atomic E-state index is 4.92. The highest BCUT2D eigenvalue weighted by Crippen LogP contribution is 2.46. The van der Waals surface area contributed by atoms with Crippen LogP contribution in [0.3, 0.4) is 0 Å². The molecule has 2 aromatic carbocycles. The molecule has 0 bridgehead atoms. The van der Waals surface area contributed by atoms with Gasteiger partial charge in [0, 0.05) is 40.7 Å². The quantitative estimate of drug-likeness (QED) is 0.242. The highest BCUT2D eigenvalue weighted by molar-refractivity contribution is 7.26. The van der Waals surface area contributed by atoms with Crippen LogP contribution in [-0.4, -0.2) is 9.97 Å². The van der Waals surface area contributed by atoms with Gasteiger partial charge in [-0.05, 0) is 76.9 Å². The second-order valence-corrected chi connectivity index (χ2v) is 13.9. The molecule has 2 nitrogen and oxygen atoms in total. The zero-order chi connectivity index (χ0) is 23.8. The molecule has 5 heteroatoms. The molecule has 0 N–H and O–H groups in total. The van der Waals surface area contributed by atoms with E-state index in [0.717, 1.165) is 16.9 Å². The third kappa shape index (κ3) is 3.40. The molecule has 4 aromatic heterocycles. The van der Waals surface area contributed by atoms with Gasteiger partial charge >= 0.3 is 0 Å². The Morgan fingerprint density at radius 3 is 2.41 bits per heavy atom. The lowest BCUT2D eigenvalue weighted by Gasteiger charge is -2.21. The van der Waals surface area contributed by atoms with Crippen molar-refractivity contribution in [2.24, 2.45) is 5.92 Å². The number of benzene rings is 2. The topological polar surface area (TPSA) is 25.8 Å². The molecule has 6 aromatic rings. The van der Waals surface area contributed by atoms with Crippen LogP contribution in [0.15, 0.2) is 42.0 Å². The summed E-state index contributed by atoms with van der Waals surface area (Å²) in [4.78, 5) is 12.2. The predicted octanol–water partition coefficient (Wildman–Crippen LogP) is 9.75. The number of thiophene rings is 3. The lowest BCUT2D eigenvalue weighted by Crippen LogP contribution is -2.11. The zero-order valence-electron chi connectivity index (χ0n) is 20.4. The van der Waals surface area contributed by atoms with Gasteiger partial charge in [0.2, 0.25) is 0 Å². The van der Waals surface area contributed by atoms with Gasteiger partial charge < -0.3 is 0 Å². The fraction of sp³-hybridized carbons (Fsp3) is 0.310. The first kappa shape index (κ1) is 22.1. The van der Waals surface area contributed by atoms with Crippen molar-refractivity contribution in [3.8, 4) is 11.3 Å². The summed E-state index contributed by atoms with van der Waals surface area (Å²) in [6.07, 6.45) is 2.84. The van der Waals surface area contributed by atoms with Gasteiger partial charge in [0.1, 0.15) is 11.2 Å². The lowest BCUT2D eigenvalue weighted by molar-refractivity contribution is 0.597. The average Bonchev–Trinajstić information content (AvgIpc) is 3.47. The monoisotopic (exact) mass is 500 g/mol. The van der Waals surface area contributed by atoms with Gasteiger partial charge in [-0.15, -0.1) is 34.0 Å². The first-order valence-electron chi connectivity index (χ1n) is 11.8. The zero-order valence-corrected chi connectivity index (χ0v) is 22.9. The van der Waals surface area contributed by atoms with Crippen molar-refractivity contribution in [1.29, 1.82) is 0 Å². The van der Waals surface area contributed by atoms with Gasteiger partial charge in [-0.3, -0.25) is 0 Å². The van der Waals surface area contributed by atoms with Crippen LogP contribution in [0.4, 0.5) is 0 Å². The molecule has 6 rings (SSSR count). The van der Waals surface area contributed by atoms with E-state index in [4.69, 9.17) is 9.97 Å². The normalized spacial score (nSPS) is 12.8. The van der Waals surface area contributed by atoms with Crippen LogP contribution < -0.4 is 0 Å². The second kappa shape index (κ2) is 7.84. The van der Waals surface area contributed by atoms with Crippen molar-refractivity contribution in [2.45, 2.75) is 53.4 Å². The highest BCUT2D eigenvalue weighted by atomic mass is 32.1. The smallest absolute Gasteiger partial charge is 0.128 e. The SMILES string of the molecule is Cc1sc2ccc3sc4ncnc(-c5cc(C(C)(C)C)c6sccc6c5)c4c3c2c1CC(C)C. The Morgan fingerprint density at radius 2 is 1.68 bits per heavy atom. The summed E-state index contributed by atoms with van der Waals surface area (Å²) in [5, 5.41) is 7.48. The Hall–Kier alpha value is -2.34. The Morgan fingerprint density at radius 1 is 0.912 bits per heavy atom. The summed E-state index contributed by atoms with van der Waals surface area (Å²) in [6, 6.07) is 11.5.